The van der Waals surface area contributed by atoms with Gasteiger partial charge in [-0.2, -0.15) is 0 Å². The molecule has 0 aliphatic carbocycles. The van der Waals surface area contributed by atoms with Gasteiger partial charge in [-0.25, -0.2) is 4.68 Å². The molecule has 134 valence electrons. The van der Waals surface area contributed by atoms with Crippen molar-refractivity contribution in [2.45, 2.75) is 77.8 Å². The third-order valence-electron chi connectivity index (χ3n) is 5.96. The fourth-order valence-electron chi connectivity index (χ4n) is 2.99. The van der Waals surface area contributed by atoms with Crippen LogP contribution < -0.4 is 10.6 Å². The van der Waals surface area contributed by atoms with Crippen LogP contribution in [-0.4, -0.2) is 29.7 Å². The summed E-state index contributed by atoms with van der Waals surface area (Å²) < 4.78 is 1.42. The molecule has 0 bridgehead atoms. The van der Waals surface area contributed by atoms with Gasteiger partial charge in [-0.15, -0.1) is 5.10 Å². The van der Waals surface area contributed by atoms with Gasteiger partial charge in [0.25, 0.3) is 0 Å². The lowest BCUT2D eigenvalue weighted by atomic mass is 10.0. The van der Waals surface area contributed by atoms with Crippen molar-refractivity contribution in [3.63, 3.8) is 0 Å². The fraction of sp³-hybridized carbons (Fsp3) is 0.706. The highest BCUT2D eigenvalue weighted by Gasteiger charge is 2.45. The van der Waals surface area contributed by atoms with Gasteiger partial charge in [-0.3, -0.25) is 9.59 Å². The Hall–Kier alpha value is -1.47. The molecule has 1 aromatic heterocycles. The Morgan fingerprint density at radius 3 is 2.46 bits per heavy atom. The Morgan fingerprint density at radius 2 is 1.96 bits per heavy atom. The average Bonchev–Trinajstić information content (AvgIpc) is 2.98. The number of carbonyl (C=O) groups excluding carboxylic acids is 2. The number of nitrogens with zero attached hydrogens (tertiary/aromatic N) is 2. The maximum absolute atomic E-state index is 12.9. The van der Waals surface area contributed by atoms with E-state index in [1.165, 1.54) is 11.6 Å². The minimum Gasteiger partial charge on any atom is -0.309 e. The third kappa shape index (κ3) is 2.84. The molecule has 0 aromatic carbocycles. The maximum atomic E-state index is 12.9. The van der Waals surface area contributed by atoms with E-state index in [9.17, 15) is 9.59 Å². The molecular formula is C17H30N4O2Si. The molecule has 0 radical (unpaired) electrons. The highest BCUT2D eigenvalue weighted by Crippen LogP contribution is 2.41. The second kappa shape index (κ2) is 5.81. The third-order valence-corrected chi connectivity index (χ3v) is 11.3. The van der Waals surface area contributed by atoms with Gasteiger partial charge in [0.05, 0.1) is 19.3 Å². The summed E-state index contributed by atoms with van der Waals surface area (Å²) in [6.45, 7) is 16.8. The summed E-state index contributed by atoms with van der Waals surface area (Å²) in [5, 5.41) is 10.4. The predicted octanol–water partition coefficient (Wildman–Crippen LogP) is 3.33. The molecule has 2 heterocycles. The topological polar surface area (TPSA) is 76.0 Å². The van der Waals surface area contributed by atoms with Gasteiger partial charge in [0, 0.05) is 24.1 Å². The van der Waals surface area contributed by atoms with E-state index in [1.54, 1.807) is 0 Å². The van der Waals surface area contributed by atoms with Gasteiger partial charge in [0.2, 0.25) is 11.8 Å². The van der Waals surface area contributed by atoms with Crippen LogP contribution in [0.1, 0.15) is 57.6 Å². The molecule has 24 heavy (non-hydrogen) atoms. The smallest absolute Gasteiger partial charge is 0.244 e. The number of fused-ring (bicyclic) bond motifs is 1. The highest BCUT2D eigenvalue weighted by molar-refractivity contribution is 6.83. The fourth-order valence-corrected chi connectivity index (χ4v) is 4.56. The zero-order chi connectivity index (χ0) is 18.5. The molecule has 0 fully saturated rings. The minimum atomic E-state index is -1.72. The lowest BCUT2D eigenvalue weighted by molar-refractivity contribution is -0.118. The monoisotopic (exact) mass is 350 g/mol. The Kier molecular flexibility index (Phi) is 4.56. The molecule has 0 unspecified atom stereocenters. The van der Waals surface area contributed by atoms with Crippen LogP contribution in [0.2, 0.25) is 24.2 Å². The summed E-state index contributed by atoms with van der Waals surface area (Å²) in [7, 11) is -1.72. The van der Waals surface area contributed by atoms with Gasteiger partial charge in [-0.05, 0) is 13.8 Å². The van der Waals surface area contributed by atoms with E-state index >= 15 is 0 Å². The van der Waals surface area contributed by atoms with Crippen molar-refractivity contribution in [1.82, 2.24) is 15.1 Å². The van der Waals surface area contributed by atoms with Crippen molar-refractivity contribution in [1.29, 1.82) is 0 Å². The lowest BCUT2D eigenvalue weighted by Crippen LogP contribution is -2.46. The summed E-state index contributed by atoms with van der Waals surface area (Å²) in [4.78, 5) is 24.9. The molecule has 1 amide bonds. The highest BCUT2D eigenvalue weighted by atomic mass is 28.3. The van der Waals surface area contributed by atoms with Crippen molar-refractivity contribution in [3.05, 3.63) is 11.3 Å². The van der Waals surface area contributed by atoms with E-state index in [0.717, 1.165) is 17.3 Å². The quantitative estimate of drug-likeness (QED) is 0.817. The van der Waals surface area contributed by atoms with Crippen molar-refractivity contribution in [2.24, 2.45) is 0 Å². The predicted molar refractivity (Wildman–Crippen MR) is 99.0 cm³/mol. The second-order valence-corrected chi connectivity index (χ2v) is 14.1. The molecule has 7 heteroatoms. The summed E-state index contributed by atoms with van der Waals surface area (Å²) in [6, 6.07) is 1.03. The molecular weight excluding hydrogens is 320 g/mol. The van der Waals surface area contributed by atoms with Gasteiger partial charge >= 0.3 is 0 Å². The first-order valence-electron chi connectivity index (χ1n) is 8.55. The number of amides is 1. The van der Waals surface area contributed by atoms with Gasteiger partial charge in [0.15, 0.2) is 5.82 Å². The maximum Gasteiger partial charge on any atom is 0.244 e. The Bertz CT molecular complexity index is 689. The van der Waals surface area contributed by atoms with Crippen LogP contribution in [0.3, 0.4) is 0 Å². The molecule has 0 saturated heterocycles. The van der Waals surface area contributed by atoms with Crippen LogP contribution >= 0.6 is 0 Å². The molecule has 1 aliphatic rings. The van der Waals surface area contributed by atoms with Gasteiger partial charge in [-0.1, -0.05) is 39.9 Å². The Morgan fingerprint density at radius 1 is 1.38 bits per heavy atom. The summed E-state index contributed by atoms with van der Waals surface area (Å²) in [5.41, 5.74) is 1.41. The van der Waals surface area contributed by atoms with Crippen molar-refractivity contribution < 1.29 is 9.59 Å². The molecule has 0 saturated carbocycles. The van der Waals surface area contributed by atoms with Crippen LogP contribution in [0.25, 0.3) is 0 Å². The standard InChI is InChI=1S/C17H30N4O2Si/c1-9-24(7,8)17(5,6)15(23)19-14-12-10-18-16(3,4)13(12)21(20-14)11(2)22/h18H,9-10H2,1-8H3,(H,19,20,23). The number of anilines is 1. The number of nitrogens with one attached hydrogen (secondary N) is 2. The van der Waals surface area contributed by atoms with E-state index in [0.29, 0.717) is 12.4 Å². The molecule has 1 aliphatic heterocycles. The van der Waals surface area contributed by atoms with Crippen LogP contribution in [0.4, 0.5) is 5.82 Å². The van der Waals surface area contributed by atoms with Crippen LogP contribution in [0, 0.1) is 0 Å². The summed E-state index contributed by atoms with van der Waals surface area (Å²) in [5.74, 6) is 0.352. The van der Waals surface area contributed by atoms with Crippen LogP contribution in [-0.2, 0) is 16.9 Å². The normalized spacial score (nSPS) is 16.8. The lowest BCUT2D eigenvalue weighted by Gasteiger charge is -2.37. The Labute approximate surface area is 145 Å². The number of aromatic nitrogens is 2. The first-order valence-corrected chi connectivity index (χ1v) is 11.8. The van der Waals surface area contributed by atoms with Crippen LogP contribution in [0.5, 0.6) is 0 Å². The Balaban J connectivity index is 2.41. The first-order chi connectivity index (χ1) is 10.8. The van der Waals surface area contributed by atoms with Crippen molar-refractivity contribution in [2.75, 3.05) is 5.32 Å². The second-order valence-electron chi connectivity index (χ2n) is 8.40. The molecule has 2 N–H and O–H groups in total. The van der Waals surface area contributed by atoms with Crippen molar-refractivity contribution in [3.8, 4) is 0 Å². The van der Waals surface area contributed by atoms with Crippen LogP contribution in [0.15, 0.2) is 0 Å². The van der Waals surface area contributed by atoms with E-state index in [2.05, 4.69) is 35.8 Å². The molecule has 2 rings (SSSR count). The average molecular weight is 351 g/mol. The molecule has 1 aromatic rings. The molecule has 6 nitrogen and oxygen atoms in total. The summed E-state index contributed by atoms with van der Waals surface area (Å²) >= 11 is 0. The van der Waals surface area contributed by atoms with Crippen molar-refractivity contribution >= 4 is 25.7 Å². The van der Waals surface area contributed by atoms with Gasteiger partial charge in [0.1, 0.15) is 0 Å². The largest absolute Gasteiger partial charge is 0.309 e. The molecule has 0 atom stereocenters. The van der Waals surface area contributed by atoms with E-state index < -0.39 is 13.1 Å². The number of carbonyl (C=O) groups is 2. The summed E-state index contributed by atoms with van der Waals surface area (Å²) in [6.07, 6.45) is 0. The SMILES string of the molecule is CC[Si](C)(C)C(C)(C)C(=O)Nc1nn(C(C)=O)c2c1CNC2(C)C. The number of rotatable bonds is 4. The zero-order valence-corrected chi connectivity index (χ0v) is 17.1. The zero-order valence-electron chi connectivity index (χ0n) is 16.1. The number of hydrogen-bond acceptors (Lipinski definition) is 4. The van der Waals surface area contributed by atoms with E-state index in [1.807, 2.05) is 27.7 Å². The first kappa shape index (κ1) is 18.9. The van der Waals surface area contributed by atoms with Gasteiger partial charge < -0.3 is 10.6 Å². The number of hydrogen-bond donors (Lipinski definition) is 2. The van der Waals surface area contributed by atoms with E-state index in [-0.39, 0.29) is 17.4 Å². The van der Waals surface area contributed by atoms with E-state index in [4.69, 9.17) is 0 Å². The molecule has 0 spiro atoms. The minimum absolute atomic E-state index is 0.0123.